The summed E-state index contributed by atoms with van der Waals surface area (Å²) < 4.78 is 14.3. The number of nitrogens with zero attached hydrogens (tertiary/aromatic N) is 4. The summed E-state index contributed by atoms with van der Waals surface area (Å²) in [7, 11) is 1.81. The summed E-state index contributed by atoms with van der Waals surface area (Å²) in [6, 6.07) is 15.5. The van der Waals surface area contributed by atoms with Crippen molar-refractivity contribution in [1.29, 1.82) is 0 Å². The lowest BCUT2D eigenvalue weighted by Gasteiger charge is -2.36. The second kappa shape index (κ2) is 12.1. The second-order valence-corrected chi connectivity index (χ2v) is 9.19. The molecule has 0 saturated carbocycles. The average Bonchev–Trinajstić information content (AvgIpc) is 3.31. The average molecular weight is 499 g/mol. The number of amides is 2. The summed E-state index contributed by atoms with van der Waals surface area (Å²) in [5, 5.41) is 27.3. The number of aliphatic hydroxyl groups is 1. The second-order valence-electron chi connectivity index (χ2n) is 8.20. The van der Waals surface area contributed by atoms with Crippen LogP contribution in [-0.4, -0.2) is 49.7 Å². The molecule has 0 aliphatic carbocycles. The number of urea groups is 1. The van der Waals surface area contributed by atoms with E-state index in [9.17, 15) is 9.90 Å². The molecule has 3 atom stereocenters. The molecular weight excluding hydrogens is 468 g/mol. The van der Waals surface area contributed by atoms with Crippen LogP contribution >= 0.6 is 11.8 Å². The maximum absolute atomic E-state index is 11.7. The normalized spacial score (nSPS) is 19.9. The number of hydrogen-bond donors (Lipinski definition) is 3. The van der Waals surface area contributed by atoms with Crippen molar-refractivity contribution in [2.75, 3.05) is 12.3 Å². The van der Waals surface area contributed by atoms with Gasteiger partial charge in [0.2, 0.25) is 5.16 Å². The van der Waals surface area contributed by atoms with Gasteiger partial charge in [-0.1, -0.05) is 60.3 Å². The third-order valence-electron chi connectivity index (χ3n) is 5.64. The van der Waals surface area contributed by atoms with Gasteiger partial charge in [-0.25, -0.2) is 9.48 Å². The summed E-state index contributed by atoms with van der Waals surface area (Å²) in [6.45, 7) is 2.90. The van der Waals surface area contributed by atoms with Gasteiger partial charge in [-0.15, -0.1) is 5.10 Å². The molecule has 0 bridgehead atoms. The highest BCUT2D eigenvalue weighted by Crippen LogP contribution is 2.39. The van der Waals surface area contributed by atoms with E-state index in [0.717, 1.165) is 27.4 Å². The largest absolute Gasteiger partial charge is 0.392 e. The zero-order valence-electron chi connectivity index (χ0n) is 19.8. The molecule has 0 radical (unpaired) electrons. The molecule has 2 aromatic carbocycles. The fourth-order valence-corrected chi connectivity index (χ4v) is 4.60. The number of aromatic nitrogens is 4. The van der Waals surface area contributed by atoms with Crippen LogP contribution < -0.4 is 10.6 Å². The van der Waals surface area contributed by atoms with Gasteiger partial charge < -0.3 is 25.2 Å². The number of carbonyl (C=O) groups is 1. The van der Waals surface area contributed by atoms with Crippen LogP contribution in [0.3, 0.4) is 0 Å². The Kier molecular flexibility index (Phi) is 8.69. The molecule has 10 nitrogen and oxygen atoms in total. The number of rotatable bonds is 9. The summed E-state index contributed by atoms with van der Waals surface area (Å²) in [5.74, 6) is 0.674. The zero-order chi connectivity index (χ0) is 24.6. The number of tetrazole rings is 1. The molecule has 0 spiro atoms. The van der Waals surface area contributed by atoms with Gasteiger partial charge in [0, 0.05) is 37.9 Å². The SMILES string of the molecule is CCNC(=O)NCc1ccc([C@@H]2O[C@H](CSc3nnnn3C)C[C@H](c3ccc(CO)cc3)O2)cc1. The quantitative estimate of drug-likeness (QED) is 0.385. The number of benzene rings is 2. The van der Waals surface area contributed by atoms with Crippen LogP contribution in [0.1, 0.15) is 48.0 Å². The molecule has 0 unspecified atom stereocenters. The molecule has 1 aromatic heterocycles. The lowest BCUT2D eigenvalue weighted by molar-refractivity contribution is -0.245. The predicted molar refractivity (Wildman–Crippen MR) is 130 cm³/mol. The Bertz CT molecular complexity index is 1090. The molecule has 1 aliphatic heterocycles. The minimum absolute atomic E-state index is 0.00382. The smallest absolute Gasteiger partial charge is 0.315 e. The lowest BCUT2D eigenvalue weighted by atomic mass is 10.0. The van der Waals surface area contributed by atoms with Crippen molar-refractivity contribution in [2.24, 2.45) is 7.05 Å². The highest BCUT2D eigenvalue weighted by atomic mass is 32.2. The van der Waals surface area contributed by atoms with E-state index in [1.165, 1.54) is 0 Å². The summed E-state index contributed by atoms with van der Waals surface area (Å²) in [5.41, 5.74) is 3.78. The Morgan fingerprint density at radius 1 is 1.09 bits per heavy atom. The first-order valence-corrected chi connectivity index (χ1v) is 12.5. The summed E-state index contributed by atoms with van der Waals surface area (Å²) >= 11 is 1.54. The monoisotopic (exact) mass is 498 g/mol. The highest BCUT2D eigenvalue weighted by Gasteiger charge is 2.32. The van der Waals surface area contributed by atoms with Crippen molar-refractivity contribution < 1.29 is 19.4 Å². The van der Waals surface area contributed by atoms with Gasteiger partial charge in [0.05, 0.1) is 18.8 Å². The Morgan fingerprint density at radius 2 is 1.80 bits per heavy atom. The molecular formula is C24H30N6O4S. The molecule has 4 rings (SSSR count). The van der Waals surface area contributed by atoms with Gasteiger partial charge in [0.1, 0.15) is 0 Å². The van der Waals surface area contributed by atoms with E-state index in [2.05, 4.69) is 26.2 Å². The minimum atomic E-state index is -0.542. The number of hydrogen-bond acceptors (Lipinski definition) is 8. The number of nitrogens with one attached hydrogen (secondary N) is 2. The van der Waals surface area contributed by atoms with Crippen molar-refractivity contribution in [2.45, 2.75) is 50.2 Å². The van der Waals surface area contributed by atoms with Crippen LogP contribution in [0.15, 0.2) is 53.7 Å². The van der Waals surface area contributed by atoms with E-state index >= 15 is 0 Å². The Balaban J connectivity index is 1.47. The fraction of sp³-hybridized carbons (Fsp3) is 0.417. The van der Waals surface area contributed by atoms with Gasteiger partial charge in [-0.3, -0.25) is 0 Å². The summed E-state index contributed by atoms with van der Waals surface area (Å²) in [6.07, 6.45) is -0.109. The van der Waals surface area contributed by atoms with E-state index in [1.807, 2.05) is 62.5 Å². The van der Waals surface area contributed by atoms with Crippen molar-refractivity contribution in [3.8, 4) is 0 Å². The maximum atomic E-state index is 11.7. The topological polar surface area (TPSA) is 123 Å². The minimum Gasteiger partial charge on any atom is -0.392 e. The molecule has 186 valence electrons. The summed E-state index contributed by atoms with van der Waals surface area (Å²) in [4.78, 5) is 11.7. The van der Waals surface area contributed by atoms with Crippen LogP contribution in [0.5, 0.6) is 0 Å². The number of thioether (sulfide) groups is 1. The van der Waals surface area contributed by atoms with Crippen molar-refractivity contribution in [3.63, 3.8) is 0 Å². The number of aryl methyl sites for hydroxylation is 1. The van der Waals surface area contributed by atoms with Crippen LogP contribution in [-0.2, 0) is 29.7 Å². The van der Waals surface area contributed by atoms with Crippen molar-refractivity contribution in [3.05, 3.63) is 70.8 Å². The first kappa shape index (κ1) is 25.1. The molecule has 1 saturated heterocycles. The zero-order valence-corrected chi connectivity index (χ0v) is 20.6. The van der Waals surface area contributed by atoms with E-state index in [-0.39, 0.29) is 24.8 Å². The van der Waals surface area contributed by atoms with Crippen LogP contribution in [0, 0.1) is 0 Å². The Labute approximate surface area is 208 Å². The van der Waals surface area contributed by atoms with E-state index in [0.29, 0.717) is 25.3 Å². The molecule has 11 heteroatoms. The number of aliphatic hydroxyl groups excluding tert-OH is 1. The van der Waals surface area contributed by atoms with Crippen LogP contribution in [0.4, 0.5) is 4.79 Å². The third kappa shape index (κ3) is 6.79. The Morgan fingerprint density at radius 3 is 2.46 bits per heavy atom. The third-order valence-corrected chi connectivity index (χ3v) is 6.78. The van der Waals surface area contributed by atoms with E-state index in [1.54, 1.807) is 16.4 Å². The first-order valence-electron chi connectivity index (χ1n) is 11.5. The molecule has 2 heterocycles. The standard InChI is InChI=1S/C24H30N6O4S/c1-3-25-23(32)26-13-16-4-10-19(11-5-16)22-33-20(15-35-24-27-28-29-30(24)2)12-21(34-22)18-8-6-17(14-31)7-9-18/h4-11,20-22,31H,3,12-15H2,1-2H3,(H2,25,26,32)/t20-,21+,22+/m0/s1. The van der Waals surface area contributed by atoms with E-state index < -0.39 is 6.29 Å². The van der Waals surface area contributed by atoms with Crippen LogP contribution in [0.2, 0.25) is 0 Å². The lowest BCUT2D eigenvalue weighted by Crippen LogP contribution is -2.34. The molecule has 1 aliphatic rings. The van der Waals surface area contributed by atoms with Crippen LogP contribution in [0.25, 0.3) is 0 Å². The Hall–Kier alpha value is -2.99. The molecule has 3 N–H and O–H groups in total. The van der Waals surface area contributed by atoms with Crippen molar-refractivity contribution in [1.82, 2.24) is 30.8 Å². The molecule has 2 amide bonds. The number of ether oxygens (including phenoxy) is 2. The van der Waals surface area contributed by atoms with Gasteiger partial charge in [-0.2, -0.15) is 0 Å². The molecule has 3 aromatic rings. The predicted octanol–water partition coefficient (Wildman–Crippen LogP) is 2.86. The fourth-order valence-electron chi connectivity index (χ4n) is 3.73. The van der Waals surface area contributed by atoms with Crippen molar-refractivity contribution >= 4 is 17.8 Å². The number of carbonyl (C=O) groups excluding carboxylic acids is 1. The van der Waals surface area contributed by atoms with Gasteiger partial charge in [0.25, 0.3) is 0 Å². The van der Waals surface area contributed by atoms with Gasteiger partial charge in [-0.05, 0) is 34.0 Å². The van der Waals surface area contributed by atoms with Gasteiger partial charge >= 0.3 is 6.03 Å². The van der Waals surface area contributed by atoms with Gasteiger partial charge in [0.15, 0.2) is 6.29 Å². The maximum Gasteiger partial charge on any atom is 0.315 e. The first-order chi connectivity index (χ1) is 17.1. The van der Waals surface area contributed by atoms with E-state index in [4.69, 9.17) is 9.47 Å². The molecule has 35 heavy (non-hydrogen) atoms. The highest BCUT2D eigenvalue weighted by molar-refractivity contribution is 7.99. The molecule has 1 fully saturated rings.